The summed E-state index contributed by atoms with van der Waals surface area (Å²) in [6.07, 6.45) is 45.2. The molecule has 0 heterocycles. The van der Waals surface area contributed by atoms with E-state index in [1.807, 2.05) is 0 Å². The number of unbranched alkanes of at least 4 members (excludes halogenated alkanes) is 26. The molecule has 2 aromatic rings. The number of nitrogens with zero attached hydrogens (tertiary/aromatic N) is 2. The zero-order chi connectivity index (χ0) is 42.8. The summed E-state index contributed by atoms with van der Waals surface area (Å²) in [4.78, 5) is 11.0. The third kappa shape index (κ3) is 31.0. The van der Waals surface area contributed by atoms with Gasteiger partial charge >= 0.3 is 0 Å². The molecule has 0 bridgehead atoms. The molecule has 0 aliphatic carbocycles. The summed E-state index contributed by atoms with van der Waals surface area (Å²) in [5.74, 6) is 14.0. The van der Waals surface area contributed by atoms with E-state index in [-0.39, 0.29) is 16.5 Å². The van der Waals surface area contributed by atoms with Crippen molar-refractivity contribution >= 4 is 22.8 Å². The van der Waals surface area contributed by atoms with E-state index in [1.165, 1.54) is 183 Å². The fraction of sp³-hybridized carbons (Fsp3) is 0.690. The zero-order valence-electron chi connectivity index (χ0n) is 40.3. The van der Waals surface area contributed by atoms with Gasteiger partial charge in [-0.2, -0.15) is 0 Å². The Morgan fingerprint density at radius 2 is 0.639 bits per heavy atom. The maximum absolute atomic E-state index is 5.48. The van der Waals surface area contributed by atoms with Gasteiger partial charge in [-0.25, -0.2) is 0 Å². The molecule has 0 fully saturated rings. The van der Waals surface area contributed by atoms with Crippen molar-refractivity contribution in [2.24, 2.45) is 9.98 Å². The van der Waals surface area contributed by atoms with E-state index in [0.717, 1.165) is 82.0 Å². The quantitative estimate of drug-likeness (QED) is 0.0280. The second kappa shape index (κ2) is 42.7. The molecule has 0 atom stereocenters. The van der Waals surface area contributed by atoms with E-state index in [1.54, 1.807) is 0 Å². The Kier molecular flexibility index (Phi) is 39.5. The Bertz CT molecular complexity index is 1500. The van der Waals surface area contributed by atoms with Gasteiger partial charge in [-0.3, -0.25) is 9.98 Å². The first-order chi connectivity index (χ1) is 29.7. The molecule has 61 heavy (non-hydrogen) atoms. The third-order valence-corrected chi connectivity index (χ3v) is 12.0. The van der Waals surface area contributed by atoms with Gasteiger partial charge in [-0.15, -0.1) is 23.7 Å². The summed E-state index contributed by atoms with van der Waals surface area (Å²) in [5.41, 5.74) is 7.14. The molecule has 0 amide bonds. The number of hydrogen-bond donors (Lipinski definition) is 0. The monoisotopic (exact) mass is 875 g/mol. The molecular weight excluding hydrogens is 783 g/mol. The van der Waals surface area contributed by atoms with Crippen LogP contribution in [0.3, 0.4) is 0 Å². The van der Waals surface area contributed by atoms with Crippen molar-refractivity contribution < 1.29 is 16.5 Å². The van der Waals surface area contributed by atoms with Crippen molar-refractivity contribution in [3.63, 3.8) is 0 Å². The number of rotatable bonds is 37. The van der Waals surface area contributed by atoms with Gasteiger partial charge in [0, 0.05) is 42.2 Å². The van der Waals surface area contributed by atoms with Gasteiger partial charge in [0.1, 0.15) is 0 Å². The zero-order valence-corrected chi connectivity index (χ0v) is 41.3. The van der Waals surface area contributed by atoms with Crippen LogP contribution in [0.15, 0.2) is 58.5 Å². The molecule has 3 heteroatoms. The minimum atomic E-state index is 0. The molecule has 0 saturated carbocycles. The maximum Gasteiger partial charge on any atom is 0.0666 e. The number of para-hydroxylation sites is 2. The summed E-state index contributed by atoms with van der Waals surface area (Å²) in [7, 11) is 0. The largest absolute Gasteiger partial charge is 0.251 e. The Morgan fingerprint density at radius 3 is 1.02 bits per heavy atom. The average Bonchev–Trinajstić information content (AvgIpc) is 3.27. The predicted octanol–water partition coefficient (Wildman–Crippen LogP) is 19.0. The molecule has 0 N–H and O–H groups in total. The third-order valence-electron chi connectivity index (χ3n) is 12.0. The Morgan fingerprint density at radius 1 is 0.344 bits per heavy atom. The van der Waals surface area contributed by atoms with Crippen LogP contribution in [0.2, 0.25) is 0 Å². The smallest absolute Gasteiger partial charge is 0.0666 e. The summed E-state index contributed by atoms with van der Waals surface area (Å²) in [5, 5.41) is 0. The van der Waals surface area contributed by atoms with Gasteiger partial charge in [0.05, 0.1) is 22.8 Å². The molecule has 0 saturated heterocycles. The van der Waals surface area contributed by atoms with E-state index in [9.17, 15) is 0 Å². The van der Waals surface area contributed by atoms with Crippen LogP contribution < -0.4 is 0 Å². The van der Waals surface area contributed by atoms with Crippen molar-refractivity contribution in [1.82, 2.24) is 0 Å². The van der Waals surface area contributed by atoms with Gasteiger partial charge < -0.3 is 0 Å². The Hall–Kier alpha value is -2.61. The van der Waals surface area contributed by atoms with Crippen LogP contribution in [0, 0.1) is 23.7 Å². The van der Waals surface area contributed by atoms with Gasteiger partial charge in [-0.05, 0) is 74.6 Å². The minimum absolute atomic E-state index is 0. The summed E-state index contributed by atoms with van der Waals surface area (Å²) < 4.78 is 0. The van der Waals surface area contributed by atoms with Crippen LogP contribution in [0.5, 0.6) is 0 Å². The molecule has 2 nitrogen and oxygen atoms in total. The first-order valence-corrected chi connectivity index (χ1v) is 26.0. The molecule has 0 spiro atoms. The molecule has 0 unspecified atom stereocenters. The van der Waals surface area contributed by atoms with Gasteiger partial charge in [0.15, 0.2) is 0 Å². The Labute approximate surface area is 389 Å². The summed E-state index contributed by atoms with van der Waals surface area (Å²) in [6, 6.07) is 17.5. The van der Waals surface area contributed by atoms with Gasteiger partial charge in [0.2, 0.25) is 0 Å². The van der Waals surface area contributed by atoms with Crippen molar-refractivity contribution in [2.45, 2.75) is 259 Å². The summed E-state index contributed by atoms with van der Waals surface area (Å²) in [6.45, 7) is 9.17. The molecule has 0 aliphatic heterocycles. The van der Waals surface area contributed by atoms with Crippen LogP contribution in [-0.2, 0) is 29.3 Å². The standard InChI is InChI=1S/C58H92N2.Ni/c1-5-9-13-16-18-20-22-24-26-28-30-32-34-36-38-45-53-47-41-43-50-55(53)59-57(49-12-8-4)58(52-40-15-11-7-3)60-56-51-44-42-48-54(56)46-39-37-35-33-31-29-27-25-23-21-19-17-14-10-6-2;/h41-44,47-48,50-51H,5-33,38-40,45-46,49,52H2,1-4H3;. The molecule has 0 aliphatic rings. The van der Waals surface area contributed by atoms with Crippen LogP contribution in [-0.4, -0.2) is 11.4 Å². The minimum Gasteiger partial charge on any atom is -0.251 e. The maximum atomic E-state index is 5.48. The second-order valence-electron chi connectivity index (χ2n) is 17.6. The number of hydrogen-bond acceptors (Lipinski definition) is 2. The van der Waals surface area contributed by atoms with Gasteiger partial charge in [0.25, 0.3) is 0 Å². The van der Waals surface area contributed by atoms with Crippen molar-refractivity contribution in [3.8, 4) is 23.7 Å². The van der Waals surface area contributed by atoms with E-state index >= 15 is 0 Å². The van der Waals surface area contributed by atoms with E-state index in [4.69, 9.17) is 9.98 Å². The molecular formula is C58H92N2Ni. The Balaban J connectivity index is 0.0000186. The molecule has 0 aromatic heterocycles. The van der Waals surface area contributed by atoms with Crippen LogP contribution in [0.25, 0.3) is 0 Å². The van der Waals surface area contributed by atoms with Gasteiger partial charge in [-0.1, -0.05) is 218 Å². The fourth-order valence-corrected chi connectivity index (χ4v) is 8.05. The first kappa shape index (κ1) is 56.4. The SMILES string of the molecule is CCCCCCCCCCCCCC#CCCc1ccccc1N=C(CCCC)C(CCCCCC)=Nc1ccccc1CCC#CCCCCCCCCCCCCC.[Ni]. The topological polar surface area (TPSA) is 24.7 Å². The van der Waals surface area contributed by atoms with Crippen molar-refractivity contribution in [1.29, 1.82) is 0 Å². The van der Waals surface area contributed by atoms with Crippen LogP contribution in [0.1, 0.15) is 257 Å². The number of aliphatic imine (C=N–C) groups is 2. The predicted molar refractivity (Wildman–Crippen MR) is 270 cm³/mol. The molecule has 344 valence electrons. The number of aryl methyl sites for hydroxylation is 2. The van der Waals surface area contributed by atoms with E-state index < -0.39 is 0 Å². The molecule has 2 rings (SSSR count). The first-order valence-electron chi connectivity index (χ1n) is 26.0. The van der Waals surface area contributed by atoms with Crippen LogP contribution >= 0.6 is 0 Å². The normalized spacial score (nSPS) is 11.5. The van der Waals surface area contributed by atoms with Crippen molar-refractivity contribution in [3.05, 3.63) is 59.7 Å². The van der Waals surface area contributed by atoms with E-state index in [0.29, 0.717) is 0 Å². The second-order valence-corrected chi connectivity index (χ2v) is 17.6. The number of benzene rings is 2. The van der Waals surface area contributed by atoms with Crippen molar-refractivity contribution in [2.75, 3.05) is 0 Å². The summed E-state index contributed by atoms with van der Waals surface area (Å²) >= 11 is 0. The fourth-order valence-electron chi connectivity index (χ4n) is 8.05. The van der Waals surface area contributed by atoms with E-state index in [2.05, 4.69) is 99.9 Å². The molecule has 2 aromatic carbocycles. The molecule has 0 radical (unpaired) electrons. The van der Waals surface area contributed by atoms with Crippen LogP contribution in [0.4, 0.5) is 11.4 Å². The average molecular weight is 876 g/mol.